The van der Waals surface area contributed by atoms with E-state index in [1.165, 1.54) is 5.56 Å². The van der Waals surface area contributed by atoms with Gasteiger partial charge in [0.2, 0.25) is 0 Å². The summed E-state index contributed by atoms with van der Waals surface area (Å²) in [5.74, 6) is 1.77. The van der Waals surface area contributed by atoms with Gasteiger partial charge in [-0.25, -0.2) is 0 Å². The summed E-state index contributed by atoms with van der Waals surface area (Å²) in [7, 11) is 0. The highest BCUT2D eigenvalue weighted by molar-refractivity contribution is 5.98. The smallest absolute Gasteiger partial charge is 0.131 e. The summed E-state index contributed by atoms with van der Waals surface area (Å²) < 4.78 is 23.1. The fraction of sp³-hybridized carbons (Fsp3) is 0.429. The molecule has 2 heterocycles. The Morgan fingerprint density at radius 3 is 2.15 bits per heavy atom. The molecule has 5 heteroatoms. The predicted octanol–water partition coefficient (Wildman–Crippen LogP) is 2.54. The van der Waals surface area contributed by atoms with E-state index in [0.717, 1.165) is 59.5 Å². The van der Waals surface area contributed by atoms with Crippen LogP contribution in [-0.2, 0) is 28.9 Å². The topological polar surface area (TPSA) is 63.8 Å². The van der Waals surface area contributed by atoms with Gasteiger partial charge in [0.15, 0.2) is 0 Å². The Balaban J connectivity index is 1.68. The molecule has 2 fully saturated rings. The van der Waals surface area contributed by atoms with Gasteiger partial charge in [0.05, 0.1) is 19.8 Å². The normalized spacial score (nSPS) is 23.0. The maximum absolute atomic E-state index is 9.92. The quantitative estimate of drug-likeness (QED) is 0.611. The van der Waals surface area contributed by atoms with Gasteiger partial charge in [-0.3, -0.25) is 0 Å². The van der Waals surface area contributed by atoms with Gasteiger partial charge in [-0.15, -0.1) is 0 Å². The van der Waals surface area contributed by atoms with Crippen LogP contribution in [0.4, 0.5) is 0 Å². The van der Waals surface area contributed by atoms with E-state index in [0.29, 0.717) is 13.2 Å². The molecule has 3 aliphatic rings. The summed E-state index contributed by atoms with van der Waals surface area (Å²) in [5.41, 5.74) is 3.20. The molecule has 5 rings (SSSR count). The van der Waals surface area contributed by atoms with Crippen LogP contribution in [0, 0.1) is 0 Å². The fourth-order valence-electron chi connectivity index (χ4n) is 3.62. The van der Waals surface area contributed by atoms with Crippen molar-refractivity contribution in [1.82, 2.24) is 0 Å². The molecular formula is C21H22O5. The van der Waals surface area contributed by atoms with Crippen LogP contribution in [0.5, 0.6) is 11.5 Å². The summed E-state index contributed by atoms with van der Waals surface area (Å²) in [6, 6.07) is 5.96. The monoisotopic (exact) mass is 354 g/mol. The van der Waals surface area contributed by atoms with Gasteiger partial charge < -0.3 is 24.1 Å². The molecule has 2 unspecified atom stereocenters. The van der Waals surface area contributed by atoms with E-state index in [9.17, 15) is 5.11 Å². The second kappa shape index (κ2) is 6.58. The highest BCUT2D eigenvalue weighted by atomic mass is 16.6. The predicted molar refractivity (Wildman–Crippen MR) is 96.9 cm³/mol. The Labute approximate surface area is 152 Å². The van der Waals surface area contributed by atoms with Crippen molar-refractivity contribution in [2.24, 2.45) is 0 Å². The number of benzene rings is 2. The van der Waals surface area contributed by atoms with E-state index in [1.807, 2.05) is 12.1 Å². The average Bonchev–Trinajstić information content (AvgIpc) is 3.58. The molecule has 2 aromatic rings. The molecule has 2 atom stereocenters. The van der Waals surface area contributed by atoms with Gasteiger partial charge in [-0.1, -0.05) is 30.4 Å². The van der Waals surface area contributed by atoms with Crippen LogP contribution in [0.3, 0.4) is 0 Å². The minimum absolute atomic E-state index is 0.0343. The maximum atomic E-state index is 9.92. The number of aliphatic hydroxyl groups excluding tert-OH is 1. The lowest BCUT2D eigenvalue weighted by Gasteiger charge is -2.24. The summed E-state index contributed by atoms with van der Waals surface area (Å²) in [5, 5.41) is 11.9. The van der Waals surface area contributed by atoms with Gasteiger partial charge in [0, 0.05) is 21.9 Å². The molecule has 136 valence electrons. The molecule has 0 amide bonds. The van der Waals surface area contributed by atoms with Crippen LogP contribution in [0.1, 0.15) is 16.7 Å². The van der Waals surface area contributed by atoms with Crippen molar-refractivity contribution in [1.29, 1.82) is 0 Å². The molecule has 26 heavy (non-hydrogen) atoms. The number of aliphatic hydroxyl groups is 1. The van der Waals surface area contributed by atoms with Crippen molar-refractivity contribution in [3.8, 4) is 11.5 Å². The summed E-state index contributed by atoms with van der Waals surface area (Å²) in [4.78, 5) is 0. The van der Waals surface area contributed by atoms with Crippen LogP contribution < -0.4 is 9.47 Å². The second-order valence-electron chi connectivity index (χ2n) is 7.03. The van der Waals surface area contributed by atoms with Crippen LogP contribution in [0.2, 0.25) is 0 Å². The number of rotatable bonds is 7. The number of allylic oxidation sites excluding steroid dienone is 2. The molecule has 5 nitrogen and oxygen atoms in total. The van der Waals surface area contributed by atoms with Gasteiger partial charge >= 0.3 is 0 Å². The molecule has 2 aromatic carbocycles. The van der Waals surface area contributed by atoms with E-state index in [4.69, 9.17) is 18.9 Å². The van der Waals surface area contributed by atoms with Crippen molar-refractivity contribution in [3.05, 3.63) is 47.0 Å². The van der Waals surface area contributed by atoms with E-state index in [-0.39, 0.29) is 18.8 Å². The Bertz CT molecular complexity index is 865. The standard InChI is InChI=1S/C21H22O5/c22-8-13-4-3-7-18-19(13)21(26-12-15-10-24-15)17-6-2-1-5-16(17)20(18)25-11-14-9-23-14/h1-4,7,14-15,22H,5-6,8-12H2. The van der Waals surface area contributed by atoms with Crippen LogP contribution >= 0.6 is 0 Å². The van der Waals surface area contributed by atoms with Crippen molar-refractivity contribution in [3.63, 3.8) is 0 Å². The maximum Gasteiger partial charge on any atom is 0.131 e. The zero-order chi connectivity index (χ0) is 17.5. The highest BCUT2D eigenvalue weighted by Gasteiger charge is 2.29. The van der Waals surface area contributed by atoms with Gasteiger partial charge in [-0.2, -0.15) is 0 Å². The van der Waals surface area contributed by atoms with E-state index >= 15 is 0 Å². The average molecular weight is 354 g/mol. The molecule has 1 N–H and O–H groups in total. The van der Waals surface area contributed by atoms with Crippen molar-refractivity contribution in [2.45, 2.75) is 31.7 Å². The third-order valence-electron chi connectivity index (χ3n) is 5.15. The third-order valence-corrected chi connectivity index (χ3v) is 5.15. The largest absolute Gasteiger partial charge is 0.490 e. The molecule has 0 aromatic heterocycles. The molecule has 0 radical (unpaired) electrons. The number of ether oxygens (including phenoxy) is 4. The van der Waals surface area contributed by atoms with Gasteiger partial charge in [-0.05, 0) is 18.4 Å². The fourth-order valence-corrected chi connectivity index (χ4v) is 3.62. The Kier molecular flexibility index (Phi) is 4.08. The number of hydrogen-bond donors (Lipinski definition) is 1. The lowest BCUT2D eigenvalue weighted by Crippen LogP contribution is -2.13. The first kappa shape index (κ1) is 16.1. The molecule has 2 aliphatic heterocycles. The molecule has 0 saturated carbocycles. The zero-order valence-corrected chi connectivity index (χ0v) is 14.6. The molecular weight excluding hydrogens is 332 g/mol. The Morgan fingerprint density at radius 1 is 0.923 bits per heavy atom. The minimum Gasteiger partial charge on any atom is -0.490 e. The number of epoxide rings is 2. The van der Waals surface area contributed by atoms with Crippen LogP contribution in [0.15, 0.2) is 30.4 Å². The lowest BCUT2D eigenvalue weighted by atomic mass is 9.89. The number of fused-ring (bicyclic) bond motifs is 2. The van der Waals surface area contributed by atoms with Gasteiger partial charge in [0.1, 0.15) is 36.9 Å². The van der Waals surface area contributed by atoms with E-state index < -0.39 is 0 Å². The molecule has 0 bridgehead atoms. The summed E-state index contributed by atoms with van der Waals surface area (Å²) >= 11 is 0. The molecule has 1 aliphatic carbocycles. The van der Waals surface area contributed by atoms with Crippen molar-refractivity contribution in [2.75, 3.05) is 26.4 Å². The first-order valence-electron chi connectivity index (χ1n) is 9.19. The van der Waals surface area contributed by atoms with Crippen LogP contribution in [0.25, 0.3) is 10.8 Å². The Hall–Kier alpha value is -2.08. The molecule has 2 saturated heterocycles. The van der Waals surface area contributed by atoms with E-state index in [2.05, 4.69) is 18.2 Å². The molecule has 0 spiro atoms. The lowest BCUT2D eigenvalue weighted by molar-refractivity contribution is 0.257. The third kappa shape index (κ3) is 2.96. The highest BCUT2D eigenvalue weighted by Crippen LogP contribution is 2.45. The first-order chi connectivity index (χ1) is 12.8. The number of hydrogen-bond acceptors (Lipinski definition) is 5. The van der Waals surface area contributed by atoms with Crippen LogP contribution in [-0.4, -0.2) is 43.7 Å². The minimum atomic E-state index is -0.0343. The van der Waals surface area contributed by atoms with Crippen molar-refractivity contribution < 1.29 is 24.1 Å². The van der Waals surface area contributed by atoms with Gasteiger partial charge in [0.25, 0.3) is 0 Å². The van der Waals surface area contributed by atoms with E-state index in [1.54, 1.807) is 0 Å². The second-order valence-corrected chi connectivity index (χ2v) is 7.03. The first-order valence-corrected chi connectivity index (χ1v) is 9.19. The zero-order valence-electron chi connectivity index (χ0n) is 14.6. The Morgan fingerprint density at radius 2 is 1.54 bits per heavy atom. The van der Waals surface area contributed by atoms with Crippen molar-refractivity contribution >= 4 is 10.8 Å². The summed E-state index contributed by atoms with van der Waals surface area (Å²) in [6.07, 6.45) is 6.36. The SMILES string of the molecule is OCc1cccc2c(OCC3CO3)c3c(c(OCC4CO4)c12)CC=CC3. The summed E-state index contributed by atoms with van der Waals surface area (Å²) in [6.45, 7) is 2.60.